The van der Waals surface area contributed by atoms with Crippen molar-refractivity contribution in [2.24, 2.45) is 10.9 Å². The van der Waals surface area contributed by atoms with E-state index in [0.717, 1.165) is 37.5 Å². The van der Waals surface area contributed by atoms with Crippen LogP contribution in [0, 0.1) is 5.92 Å². The molecule has 0 aromatic rings. The van der Waals surface area contributed by atoms with E-state index >= 15 is 0 Å². The van der Waals surface area contributed by atoms with Gasteiger partial charge in [0.15, 0.2) is 5.96 Å². The number of rotatable bonds is 9. The second kappa shape index (κ2) is 10.0. The molecule has 0 rings (SSSR count). The first-order valence-corrected chi connectivity index (χ1v) is 8.63. The van der Waals surface area contributed by atoms with Gasteiger partial charge in [-0.05, 0) is 25.2 Å². The largest absolute Gasteiger partial charge is 0.356 e. The van der Waals surface area contributed by atoms with Crippen molar-refractivity contribution in [3.8, 4) is 0 Å². The van der Waals surface area contributed by atoms with Gasteiger partial charge in [-0.3, -0.25) is 4.99 Å². The summed E-state index contributed by atoms with van der Waals surface area (Å²) < 4.78 is 24.1. The zero-order chi connectivity index (χ0) is 14.7. The van der Waals surface area contributed by atoms with Crippen molar-refractivity contribution in [2.75, 3.05) is 32.9 Å². The van der Waals surface area contributed by atoms with E-state index in [0.29, 0.717) is 13.1 Å². The quantitative estimate of drug-likeness (QED) is 0.329. The zero-order valence-electron chi connectivity index (χ0n) is 12.5. The summed E-state index contributed by atoms with van der Waals surface area (Å²) in [4.78, 5) is 4.11. The van der Waals surface area contributed by atoms with Crippen LogP contribution in [0.5, 0.6) is 0 Å². The second-order valence-electron chi connectivity index (χ2n) is 4.98. The maximum Gasteiger partial charge on any atom is 0.208 e. The summed E-state index contributed by atoms with van der Waals surface area (Å²) >= 11 is 0. The molecule has 0 amide bonds. The summed E-state index contributed by atoms with van der Waals surface area (Å²) in [7, 11) is -1.35. The number of aliphatic imine (C=N–C) groups is 1. The molecule has 19 heavy (non-hydrogen) atoms. The molecule has 0 radical (unpaired) electrons. The van der Waals surface area contributed by atoms with E-state index in [1.54, 1.807) is 7.05 Å². The van der Waals surface area contributed by atoms with Gasteiger partial charge >= 0.3 is 0 Å². The Hall–Kier alpha value is -0.820. The SMILES string of the molecule is CN=C(NCCCNS(C)(=O)=O)NCCCC(C)C. The fourth-order valence-electron chi connectivity index (χ4n) is 1.49. The average molecular weight is 292 g/mol. The molecule has 0 spiro atoms. The van der Waals surface area contributed by atoms with Crippen LogP contribution in [0.3, 0.4) is 0 Å². The molecule has 0 saturated heterocycles. The molecule has 0 aliphatic heterocycles. The maximum absolute atomic E-state index is 10.8. The minimum absolute atomic E-state index is 0.441. The lowest BCUT2D eigenvalue weighted by atomic mass is 10.1. The van der Waals surface area contributed by atoms with Crippen LogP contribution in [0.25, 0.3) is 0 Å². The lowest BCUT2D eigenvalue weighted by Gasteiger charge is -2.12. The minimum Gasteiger partial charge on any atom is -0.356 e. The van der Waals surface area contributed by atoms with Crippen LogP contribution >= 0.6 is 0 Å². The molecule has 114 valence electrons. The number of guanidine groups is 1. The summed E-state index contributed by atoms with van der Waals surface area (Å²) in [6, 6.07) is 0. The Morgan fingerprint density at radius 3 is 2.16 bits per heavy atom. The van der Waals surface area contributed by atoms with Gasteiger partial charge in [0, 0.05) is 26.7 Å². The third-order valence-corrected chi connectivity index (χ3v) is 3.21. The first-order chi connectivity index (χ1) is 8.85. The molecule has 0 bridgehead atoms. The summed E-state index contributed by atoms with van der Waals surface area (Å²) in [5.41, 5.74) is 0. The topological polar surface area (TPSA) is 82.6 Å². The van der Waals surface area contributed by atoms with Crippen LogP contribution in [0.1, 0.15) is 33.1 Å². The highest BCUT2D eigenvalue weighted by Crippen LogP contribution is 2.01. The van der Waals surface area contributed by atoms with E-state index in [1.165, 1.54) is 6.42 Å². The highest BCUT2D eigenvalue weighted by Gasteiger charge is 2.00. The van der Waals surface area contributed by atoms with Gasteiger partial charge in [-0.15, -0.1) is 0 Å². The fourth-order valence-corrected chi connectivity index (χ4v) is 2.01. The summed E-state index contributed by atoms with van der Waals surface area (Å²) in [5.74, 6) is 1.49. The van der Waals surface area contributed by atoms with Gasteiger partial charge in [0.05, 0.1) is 6.26 Å². The molecule has 3 N–H and O–H groups in total. The molecule has 0 heterocycles. The minimum atomic E-state index is -3.08. The molecule has 0 atom stereocenters. The van der Waals surface area contributed by atoms with Crippen molar-refractivity contribution in [2.45, 2.75) is 33.1 Å². The third-order valence-electron chi connectivity index (χ3n) is 2.48. The van der Waals surface area contributed by atoms with Gasteiger partial charge in [-0.25, -0.2) is 13.1 Å². The molecule has 7 heteroatoms. The van der Waals surface area contributed by atoms with Gasteiger partial charge in [0.25, 0.3) is 0 Å². The lowest BCUT2D eigenvalue weighted by Crippen LogP contribution is -2.39. The van der Waals surface area contributed by atoms with Crippen LogP contribution in [0.4, 0.5) is 0 Å². The molecular weight excluding hydrogens is 264 g/mol. The van der Waals surface area contributed by atoms with Gasteiger partial charge in [-0.1, -0.05) is 13.8 Å². The zero-order valence-corrected chi connectivity index (χ0v) is 13.3. The molecule has 0 aromatic heterocycles. The Bertz CT molecular complexity index is 353. The first kappa shape index (κ1) is 18.2. The van der Waals surface area contributed by atoms with E-state index in [4.69, 9.17) is 0 Å². The molecule has 6 nitrogen and oxygen atoms in total. The standard InChI is InChI=1S/C12H28N4O2S/c1-11(2)7-5-8-14-12(13-3)15-9-6-10-16-19(4,17)18/h11,16H,5-10H2,1-4H3,(H2,13,14,15). The Morgan fingerprint density at radius 1 is 1.11 bits per heavy atom. The van der Waals surface area contributed by atoms with Crippen LogP contribution in [-0.2, 0) is 10.0 Å². The van der Waals surface area contributed by atoms with Crippen LogP contribution < -0.4 is 15.4 Å². The number of nitrogens with one attached hydrogen (secondary N) is 3. The normalized spacial score (nSPS) is 12.8. The van der Waals surface area contributed by atoms with Crippen molar-refractivity contribution in [3.63, 3.8) is 0 Å². The molecule has 0 aromatic carbocycles. The Labute approximate surface area is 117 Å². The van der Waals surface area contributed by atoms with Gasteiger partial charge in [-0.2, -0.15) is 0 Å². The molecule has 0 aliphatic carbocycles. The fraction of sp³-hybridized carbons (Fsp3) is 0.917. The van der Waals surface area contributed by atoms with E-state index in [9.17, 15) is 8.42 Å². The Balaban J connectivity index is 3.61. The number of nitrogens with zero attached hydrogens (tertiary/aromatic N) is 1. The van der Waals surface area contributed by atoms with Gasteiger partial charge < -0.3 is 10.6 Å². The maximum atomic E-state index is 10.8. The van der Waals surface area contributed by atoms with Gasteiger partial charge in [0.2, 0.25) is 10.0 Å². The Kier molecular flexibility index (Phi) is 9.59. The predicted octanol–water partition coefficient (Wildman–Crippen LogP) is 0.527. The Morgan fingerprint density at radius 2 is 1.68 bits per heavy atom. The van der Waals surface area contributed by atoms with E-state index < -0.39 is 10.0 Å². The highest BCUT2D eigenvalue weighted by molar-refractivity contribution is 7.88. The van der Waals surface area contributed by atoms with E-state index in [2.05, 4.69) is 34.2 Å². The smallest absolute Gasteiger partial charge is 0.208 e. The lowest BCUT2D eigenvalue weighted by molar-refractivity contribution is 0.549. The summed E-state index contributed by atoms with van der Waals surface area (Å²) in [6.07, 6.45) is 4.20. The van der Waals surface area contributed by atoms with Crippen molar-refractivity contribution in [1.82, 2.24) is 15.4 Å². The average Bonchev–Trinajstić information content (AvgIpc) is 2.29. The molecule has 0 fully saturated rings. The first-order valence-electron chi connectivity index (χ1n) is 6.74. The van der Waals surface area contributed by atoms with Crippen LogP contribution in [-0.4, -0.2) is 47.3 Å². The van der Waals surface area contributed by atoms with Crippen molar-refractivity contribution < 1.29 is 8.42 Å². The number of sulfonamides is 1. The van der Waals surface area contributed by atoms with Crippen LogP contribution in [0.15, 0.2) is 4.99 Å². The molecule has 0 aliphatic rings. The highest BCUT2D eigenvalue weighted by atomic mass is 32.2. The molecule has 0 saturated carbocycles. The van der Waals surface area contributed by atoms with E-state index in [-0.39, 0.29) is 0 Å². The number of hydrogen-bond acceptors (Lipinski definition) is 3. The van der Waals surface area contributed by atoms with E-state index in [1.807, 2.05) is 0 Å². The van der Waals surface area contributed by atoms with Crippen molar-refractivity contribution in [1.29, 1.82) is 0 Å². The van der Waals surface area contributed by atoms with Crippen LogP contribution in [0.2, 0.25) is 0 Å². The summed E-state index contributed by atoms with van der Waals surface area (Å²) in [6.45, 7) is 6.45. The summed E-state index contributed by atoms with van der Waals surface area (Å²) in [5, 5.41) is 6.38. The van der Waals surface area contributed by atoms with Crippen molar-refractivity contribution >= 4 is 16.0 Å². The van der Waals surface area contributed by atoms with Crippen molar-refractivity contribution in [3.05, 3.63) is 0 Å². The third kappa shape index (κ3) is 13.4. The molecular formula is C12H28N4O2S. The number of hydrogen-bond donors (Lipinski definition) is 3. The predicted molar refractivity (Wildman–Crippen MR) is 80.9 cm³/mol. The molecule has 0 unspecified atom stereocenters. The monoisotopic (exact) mass is 292 g/mol. The van der Waals surface area contributed by atoms with Gasteiger partial charge in [0.1, 0.15) is 0 Å². The second-order valence-corrected chi connectivity index (χ2v) is 6.81.